The van der Waals surface area contributed by atoms with Gasteiger partial charge in [0.05, 0.1) is 17.2 Å². The third-order valence-electron chi connectivity index (χ3n) is 7.41. The molecule has 2 amide bonds. The number of ether oxygens (including phenoxy) is 1. The van der Waals surface area contributed by atoms with Crippen molar-refractivity contribution in [3.05, 3.63) is 126 Å². The predicted octanol–water partition coefficient (Wildman–Crippen LogP) is 5.98. The first-order chi connectivity index (χ1) is 22.2. The van der Waals surface area contributed by atoms with Gasteiger partial charge < -0.3 is 15.0 Å². The van der Waals surface area contributed by atoms with Gasteiger partial charge in [-0.15, -0.1) is 0 Å². The second-order valence-corrected chi connectivity index (χ2v) is 12.6. The Morgan fingerprint density at radius 1 is 0.826 bits per heavy atom. The van der Waals surface area contributed by atoms with Crippen molar-refractivity contribution < 1.29 is 27.1 Å². The molecule has 1 N–H and O–H groups in total. The lowest BCUT2D eigenvalue weighted by atomic mass is 10.0. The molecule has 4 aromatic carbocycles. The van der Waals surface area contributed by atoms with Gasteiger partial charge in [0.25, 0.3) is 10.0 Å². The van der Waals surface area contributed by atoms with E-state index in [1.807, 2.05) is 44.2 Å². The van der Waals surface area contributed by atoms with Crippen molar-refractivity contribution >= 4 is 27.5 Å². The summed E-state index contributed by atoms with van der Waals surface area (Å²) in [6.07, 6.45) is 1.83. The number of para-hydroxylation sites is 1. The maximum absolute atomic E-state index is 14.4. The Labute approximate surface area is 270 Å². The fraction of sp³-hybridized carbons (Fsp3) is 0.278. The first-order valence-corrected chi connectivity index (χ1v) is 16.8. The fourth-order valence-electron chi connectivity index (χ4n) is 4.97. The third-order valence-corrected chi connectivity index (χ3v) is 9.20. The third kappa shape index (κ3) is 9.17. The molecule has 0 saturated heterocycles. The van der Waals surface area contributed by atoms with Gasteiger partial charge in [0.1, 0.15) is 24.2 Å². The van der Waals surface area contributed by atoms with Gasteiger partial charge in [0.2, 0.25) is 11.8 Å². The lowest BCUT2D eigenvalue weighted by Crippen LogP contribution is -2.53. The van der Waals surface area contributed by atoms with E-state index in [2.05, 4.69) is 5.32 Å². The quantitative estimate of drug-likeness (QED) is 0.151. The summed E-state index contributed by atoms with van der Waals surface area (Å²) >= 11 is 0. The molecule has 0 aromatic heterocycles. The van der Waals surface area contributed by atoms with Crippen molar-refractivity contribution in [2.45, 2.75) is 50.6 Å². The minimum atomic E-state index is -4.24. The molecule has 4 aromatic rings. The zero-order chi connectivity index (χ0) is 32.9. The van der Waals surface area contributed by atoms with Crippen LogP contribution >= 0.6 is 0 Å². The van der Waals surface area contributed by atoms with E-state index in [-0.39, 0.29) is 23.8 Å². The SMILES string of the molecule is CCCCNC(=O)C(Cc1ccccc1)N(Cc1ccc(F)cc1)C(=O)CN(c1ccccc1)S(=O)(=O)c1ccc(OCC)cc1. The maximum Gasteiger partial charge on any atom is 0.264 e. The van der Waals surface area contributed by atoms with Gasteiger partial charge in [-0.2, -0.15) is 0 Å². The summed E-state index contributed by atoms with van der Waals surface area (Å²) in [6, 6.07) is 28.4. The Kier molecular flexibility index (Phi) is 12.3. The molecule has 242 valence electrons. The van der Waals surface area contributed by atoms with E-state index >= 15 is 0 Å². The van der Waals surface area contributed by atoms with E-state index in [1.54, 1.807) is 54.6 Å². The number of unbranched alkanes of at least 4 members (excludes halogenated alkanes) is 1. The number of anilines is 1. The zero-order valence-electron chi connectivity index (χ0n) is 26.1. The topological polar surface area (TPSA) is 96.0 Å². The number of nitrogens with zero attached hydrogens (tertiary/aromatic N) is 2. The molecule has 0 bridgehead atoms. The summed E-state index contributed by atoms with van der Waals surface area (Å²) in [4.78, 5) is 29.6. The van der Waals surface area contributed by atoms with Gasteiger partial charge in [-0.05, 0) is 73.0 Å². The smallest absolute Gasteiger partial charge is 0.264 e. The molecule has 1 atom stereocenters. The van der Waals surface area contributed by atoms with Crippen LogP contribution in [0.4, 0.5) is 10.1 Å². The molecule has 4 rings (SSSR count). The number of halogens is 1. The van der Waals surface area contributed by atoms with Crippen molar-refractivity contribution in [3.63, 3.8) is 0 Å². The molecule has 0 aliphatic heterocycles. The molecule has 0 aliphatic rings. The van der Waals surface area contributed by atoms with Crippen LogP contribution in [0.5, 0.6) is 5.75 Å². The number of carbonyl (C=O) groups excluding carboxylic acids is 2. The lowest BCUT2D eigenvalue weighted by molar-refractivity contribution is -0.140. The van der Waals surface area contributed by atoms with Crippen LogP contribution in [0.2, 0.25) is 0 Å². The first-order valence-electron chi connectivity index (χ1n) is 15.4. The van der Waals surface area contributed by atoms with Crippen molar-refractivity contribution in [2.75, 3.05) is 24.0 Å². The average Bonchev–Trinajstić information content (AvgIpc) is 3.07. The molecule has 46 heavy (non-hydrogen) atoms. The molecule has 8 nitrogen and oxygen atoms in total. The van der Waals surface area contributed by atoms with E-state index in [1.165, 1.54) is 29.2 Å². The molecule has 0 aliphatic carbocycles. The van der Waals surface area contributed by atoms with Crippen molar-refractivity contribution in [2.24, 2.45) is 0 Å². The normalized spacial score (nSPS) is 11.8. The van der Waals surface area contributed by atoms with Crippen LogP contribution in [0, 0.1) is 5.82 Å². The number of sulfonamides is 1. The van der Waals surface area contributed by atoms with Crippen LogP contribution in [0.25, 0.3) is 0 Å². The largest absolute Gasteiger partial charge is 0.494 e. The Hall–Kier alpha value is -4.70. The highest BCUT2D eigenvalue weighted by Crippen LogP contribution is 2.26. The van der Waals surface area contributed by atoms with Crippen molar-refractivity contribution in [3.8, 4) is 5.75 Å². The number of amides is 2. The summed E-state index contributed by atoms with van der Waals surface area (Å²) in [7, 11) is -4.24. The highest BCUT2D eigenvalue weighted by atomic mass is 32.2. The van der Waals surface area contributed by atoms with Gasteiger partial charge >= 0.3 is 0 Å². The van der Waals surface area contributed by atoms with Gasteiger partial charge in [-0.3, -0.25) is 13.9 Å². The minimum Gasteiger partial charge on any atom is -0.494 e. The summed E-state index contributed by atoms with van der Waals surface area (Å²) in [5.74, 6) is -0.855. The minimum absolute atomic E-state index is 0.0177. The average molecular weight is 646 g/mol. The Bertz CT molecular complexity index is 1650. The summed E-state index contributed by atoms with van der Waals surface area (Å²) in [6.45, 7) is 4.09. The zero-order valence-corrected chi connectivity index (χ0v) is 27.0. The highest BCUT2D eigenvalue weighted by Gasteiger charge is 2.34. The Morgan fingerprint density at radius 2 is 1.46 bits per heavy atom. The van der Waals surface area contributed by atoms with Crippen molar-refractivity contribution in [1.29, 1.82) is 0 Å². The predicted molar refractivity (Wildman–Crippen MR) is 177 cm³/mol. The van der Waals surface area contributed by atoms with Gasteiger partial charge in [0, 0.05) is 19.5 Å². The second-order valence-electron chi connectivity index (χ2n) is 10.7. The summed E-state index contributed by atoms with van der Waals surface area (Å²) in [5.41, 5.74) is 1.71. The molecule has 0 saturated carbocycles. The van der Waals surface area contributed by atoms with E-state index in [4.69, 9.17) is 4.74 Å². The van der Waals surface area contributed by atoms with Gasteiger partial charge in [-0.1, -0.05) is 74.0 Å². The molecule has 10 heteroatoms. The van der Waals surface area contributed by atoms with E-state index in [0.717, 1.165) is 22.7 Å². The summed E-state index contributed by atoms with van der Waals surface area (Å²) < 4.78 is 48.6. The molecule has 0 radical (unpaired) electrons. The number of benzene rings is 4. The van der Waals surface area contributed by atoms with Gasteiger partial charge in [0.15, 0.2) is 0 Å². The van der Waals surface area contributed by atoms with Crippen LogP contribution in [0.3, 0.4) is 0 Å². The molecular formula is C36H40FN3O5S. The summed E-state index contributed by atoms with van der Waals surface area (Å²) in [5, 5.41) is 2.95. The fourth-order valence-corrected chi connectivity index (χ4v) is 6.39. The monoisotopic (exact) mass is 645 g/mol. The van der Waals surface area contributed by atoms with Crippen LogP contribution in [-0.2, 0) is 32.6 Å². The molecule has 0 fully saturated rings. The number of carbonyl (C=O) groups is 2. The van der Waals surface area contributed by atoms with Crippen molar-refractivity contribution in [1.82, 2.24) is 10.2 Å². The van der Waals surface area contributed by atoms with Crippen LogP contribution in [0.15, 0.2) is 114 Å². The Morgan fingerprint density at radius 3 is 2.07 bits per heavy atom. The Balaban J connectivity index is 1.75. The second kappa shape index (κ2) is 16.6. The molecule has 0 spiro atoms. The highest BCUT2D eigenvalue weighted by molar-refractivity contribution is 7.92. The number of rotatable bonds is 16. The molecule has 0 heterocycles. The maximum atomic E-state index is 14.4. The standard InChI is InChI=1S/C36H40FN3O5S/c1-3-5-24-38-36(42)34(25-28-12-8-6-9-13-28)39(26-29-16-18-30(37)19-17-29)35(41)27-40(31-14-10-7-11-15-31)46(43,44)33-22-20-32(21-23-33)45-4-2/h6-23,34H,3-5,24-27H2,1-2H3,(H,38,42). The van der Waals surface area contributed by atoms with Crippen LogP contribution in [-0.4, -0.2) is 50.9 Å². The number of hydrogen-bond acceptors (Lipinski definition) is 5. The van der Waals surface area contributed by atoms with E-state index in [9.17, 15) is 22.4 Å². The molecular weight excluding hydrogens is 605 g/mol. The van der Waals surface area contributed by atoms with E-state index < -0.39 is 34.3 Å². The van der Waals surface area contributed by atoms with Crippen LogP contribution in [0.1, 0.15) is 37.8 Å². The van der Waals surface area contributed by atoms with Gasteiger partial charge in [-0.25, -0.2) is 12.8 Å². The number of hydrogen-bond donors (Lipinski definition) is 1. The molecule has 1 unspecified atom stereocenters. The number of nitrogens with one attached hydrogen (secondary N) is 1. The first kappa shape index (κ1) is 34.2. The van der Waals surface area contributed by atoms with E-state index in [0.29, 0.717) is 30.2 Å². The lowest BCUT2D eigenvalue weighted by Gasteiger charge is -2.34. The van der Waals surface area contributed by atoms with Crippen LogP contribution < -0.4 is 14.4 Å².